The molecule has 35 heavy (non-hydrogen) atoms. The van der Waals surface area contributed by atoms with Gasteiger partial charge in [-0.2, -0.15) is 4.98 Å². The molecule has 3 aromatic rings. The van der Waals surface area contributed by atoms with E-state index in [4.69, 9.17) is 9.72 Å². The number of nitrogens with zero attached hydrogens (tertiary/aromatic N) is 6. The average molecular weight is 474 g/mol. The van der Waals surface area contributed by atoms with Crippen molar-refractivity contribution in [3.8, 4) is 0 Å². The van der Waals surface area contributed by atoms with E-state index in [1.807, 2.05) is 41.4 Å². The molecule has 180 valence electrons. The van der Waals surface area contributed by atoms with E-state index in [-0.39, 0.29) is 17.7 Å². The normalized spacial score (nSPS) is 16.0. The predicted octanol–water partition coefficient (Wildman–Crippen LogP) is 3.69. The van der Waals surface area contributed by atoms with Crippen molar-refractivity contribution in [1.29, 1.82) is 0 Å². The minimum atomic E-state index is -0.305. The number of pyridine rings is 1. The number of anilines is 3. The monoisotopic (exact) mass is 473 g/mol. The fourth-order valence-electron chi connectivity index (χ4n) is 4.39. The largest absolute Gasteiger partial charge is 0.450 e. The molecule has 2 aromatic heterocycles. The zero-order valence-corrected chi connectivity index (χ0v) is 19.5. The third kappa shape index (κ3) is 4.86. The van der Waals surface area contributed by atoms with Crippen LogP contribution < -0.4 is 15.8 Å². The van der Waals surface area contributed by atoms with E-state index in [9.17, 15) is 9.59 Å². The van der Waals surface area contributed by atoms with Crippen LogP contribution in [-0.4, -0.2) is 58.1 Å². The Balaban J connectivity index is 1.36. The number of ether oxygens (including phenoxy) is 1. The van der Waals surface area contributed by atoms with Gasteiger partial charge in [-0.05, 0) is 56.2 Å². The van der Waals surface area contributed by atoms with Crippen LogP contribution in [0.3, 0.4) is 0 Å². The Hall–Kier alpha value is -4.21. The van der Waals surface area contributed by atoms with Crippen LogP contribution >= 0.6 is 0 Å². The minimum absolute atomic E-state index is 0.0563. The number of hydrogen-bond acceptors (Lipinski definition) is 8. The lowest BCUT2D eigenvalue weighted by Crippen LogP contribution is -2.41. The number of nitrogens with one attached hydrogen (secondary N) is 1. The molecule has 1 aromatic carbocycles. The van der Waals surface area contributed by atoms with Gasteiger partial charge in [0.05, 0.1) is 6.61 Å². The number of aromatic nitrogens is 3. The summed E-state index contributed by atoms with van der Waals surface area (Å²) in [4.78, 5) is 42.0. The van der Waals surface area contributed by atoms with Crippen LogP contribution in [0.1, 0.15) is 25.8 Å². The number of allylic oxidation sites excluding steroid dienone is 1. The van der Waals surface area contributed by atoms with Crippen molar-refractivity contribution < 1.29 is 9.53 Å². The zero-order chi connectivity index (χ0) is 24.2. The molecule has 1 fully saturated rings. The number of carbonyl (C=O) groups is 1. The van der Waals surface area contributed by atoms with E-state index in [1.165, 1.54) is 0 Å². The van der Waals surface area contributed by atoms with Gasteiger partial charge >= 0.3 is 6.09 Å². The Bertz CT molecular complexity index is 1330. The van der Waals surface area contributed by atoms with Crippen LogP contribution in [0.2, 0.25) is 0 Å². The van der Waals surface area contributed by atoms with Gasteiger partial charge in [-0.25, -0.2) is 9.78 Å². The smallest absolute Gasteiger partial charge is 0.409 e. The molecule has 1 N–H and O–H groups in total. The molecule has 0 bridgehead atoms. The highest BCUT2D eigenvalue weighted by atomic mass is 16.6. The number of hydrogen-bond donors (Lipinski definition) is 1. The van der Waals surface area contributed by atoms with Crippen molar-refractivity contribution in [3.63, 3.8) is 0 Å². The van der Waals surface area contributed by atoms with Crippen LogP contribution in [0.4, 0.5) is 22.1 Å². The Morgan fingerprint density at radius 2 is 1.94 bits per heavy atom. The Labute approximate surface area is 202 Å². The van der Waals surface area contributed by atoms with Gasteiger partial charge in [0.2, 0.25) is 5.95 Å². The first-order valence-electron chi connectivity index (χ1n) is 11.7. The number of amides is 1. The summed E-state index contributed by atoms with van der Waals surface area (Å²) in [5.41, 5.74) is 2.34. The molecule has 0 aliphatic carbocycles. The second-order valence-electron chi connectivity index (χ2n) is 8.39. The van der Waals surface area contributed by atoms with Crippen molar-refractivity contribution in [2.45, 2.75) is 25.8 Å². The predicted molar refractivity (Wildman–Crippen MR) is 135 cm³/mol. The Kier molecular flexibility index (Phi) is 6.42. The summed E-state index contributed by atoms with van der Waals surface area (Å²) < 4.78 is 6.84. The van der Waals surface area contributed by atoms with E-state index in [2.05, 4.69) is 15.3 Å². The van der Waals surface area contributed by atoms with Gasteiger partial charge < -0.3 is 19.9 Å². The van der Waals surface area contributed by atoms with Crippen molar-refractivity contribution in [2.75, 3.05) is 36.6 Å². The van der Waals surface area contributed by atoms with E-state index in [0.29, 0.717) is 50.8 Å². The van der Waals surface area contributed by atoms with E-state index >= 15 is 0 Å². The van der Waals surface area contributed by atoms with Gasteiger partial charge in [0.25, 0.3) is 5.56 Å². The summed E-state index contributed by atoms with van der Waals surface area (Å²) in [5, 5.41) is 4.03. The van der Waals surface area contributed by atoms with Gasteiger partial charge in [-0.15, -0.1) is 0 Å². The molecule has 0 saturated carbocycles. The lowest BCUT2D eigenvalue weighted by molar-refractivity contribution is 0.0927. The lowest BCUT2D eigenvalue weighted by Gasteiger charge is -2.32. The maximum absolute atomic E-state index is 12.9. The number of benzene rings is 1. The van der Waals surface area contributed by atoms with E-state index < -0.39 is 0 Å². The summed E-state index contributed by atoms with van der Waals surface area (Å²) >= 11 is 0. The molecular formula is C25H27N7O3. The van der Waals surface area contributed by atoms with Crippen LogP contribution in [0.25, 0.3) is 11.0 Å². The molecular weight excluding hydrogens is 446 g/mol. The van der Waals surface area contributed by atoms with Crippen molar-refractivity contribution >= 4 is 40.7 Å². The first kappa shape index (κ1) is 22.6. The molecule has 10 nitrogen and oxygen atoms in total. The number of piperidine rings is 1. The van der Waals surface area contributed by atoms with Crippen LogP contribution in [-0.2, 0) is 4.74 Å². The maximum atomic E-state index is 12.9. The molecule has 0 atom stereocenters. The molecule has 2 aliphatic rings. The van der Waals surface area contributed by atoms with Gasteiger partial charge in [-0.3, -0.25) is 14.4 Å². The quantitative estimate of drug-likeness (QED) is 0.603. The highest BCUT2D eigenvalue weighted by Crippen LogP contribution is 2.26. The Morgan fingerprint density at radius 3 is 2.66 bits per heavy atom. The van der Waals surface area contributed by atoms with Crippen LogP contribution in [0.5, 0.6) is 0 Å². The standard InChI is InChI=1S/C25H27N7O3/c1-2-35-25(34)30-14-10-21(11-15-30)32-22(33)9-4-18-16-27-24(29-23(18)32)28-19-5-7-20(8-6-19)31-13-3-12-26-17-31/h3-9,12-13,16,21H,2,10-11,14-15,17H2,1H3,(H,27,28,29). The highest BCUT2D eigenvalue weighted by Gasteiger charge is 2.26. The molecule has 1 amide bonds. The fraction of sp³-hybridized carbons (Fsp3) is 0.320. The fourth-order valence-corrected chi connectivity index (χ4v) is 4.39. The Morgan fingerprint density at radius 1 is 1.14 bits per heavy atom. The number of likely N-dealkylation sites (tertiary alicyclic amines) is 1. The minimum Gasteiger partial charge on any atom is -0.450 e. The van der Waals surface area contributed by atoms with Crippen molar-refractivity contribution in [3.05, 3.63) is 65.2 Å². The summed E-state index contributed by atoms with van der Waals surface area (Å²) in [5.74, 6) is 0.413. The second-order valence-corrected chi connectivity index (χ2v) is 8.39. The van der Waals surface area contributed by atoms with Gasteiger partial charge in [0.15, 0.2) is 0 Å². The van der Waals surface area contributed by atoms with Gasteiger partial charge in [0.1, 0.15) is 12.3 Å². The molecule has 10 heteroatoms. The number of fused-ring (bicyclic) bond motifs is 1. The molecule has 0 spiro atoms. The lowest BCUT2D eigenvalue weighted by atomic mass is 10.0. The first-order valence-corrected chi connectivity index (χ1v) is 11.7. The number of carbonyl (C=O) groups excluding carboxylic acids is 1. The molecule has 5 rings (SSSR count). The SMILES string of the molecule is CCOC(=O)N1CCC(n2c(=O)ccc3cnc(Nc4ccc(N5C=CC=NC5)cc4)nc32)CC1. The number of aliphatic imine (C=N–C) groups is 1. The summed E-state index contributed by atoms with van der Waals surface area (Å²) in [6.07, 6.45) is 8.39. The maximum Gasteiger partial charge on any atom is 0.409 e. The first-order chi connectivity index (χ1) is 17.1. The third-order valence-corrected chi connectivity index (χ3v) is 6.17. The summed E-state index contributed by atoms with van der Waals surface area (Å²) in [6.45, 7) is 3.80. The zero-order valence-electron chi connectivity index (χ0n) is 19.5. The highest BCUT2D eigenvalue weighted by molar-refractivity contribution is 5.76. The van der Waals surface area contributed by atoms with Crippen molar-refractivity contribution in [2.24, 2.45) is 4.99 Å². The van der Waals surface area contributed by atoms with Gasteiger partial charge in [0, 0.05) is 60.6 Å². The topological polar surface area (TPSA) is 105 Å². The van der Waals surface area contributed by atoms with Gasteiger partial charge in [-0.1, -0.05) is 0 Å². The third-order valence-electron chi connectivity index (χ3n) is 6.17. The molecule has 2 aliphatic heterocycles. The summed E-state index contributed by atoms with van der Waals surface area (Å²) in [6, 6.07) is 11.2. The molecule has 0 radical (unpaired) electrons. The van der Waals surface area contributed by atoms with Crippen LogP contribution in [0, 0.1) is 0 Å². The van der Waals surface area contributed by atoms with Crippen LogP contribution in [0.15, 0.2) is 64.7 Å². The molecule has 0 unspecified atom stereocenters. The van der Waals surface area contributed by atoms with E-state index in [1.54, 1.807) is 40.9 Å². The van der Waals surface area contributed by atoms with E-state index in [0.717, 1.165) is 16.8 Å². The summed E-state index contributed by atoms with van der Waals surface area (Å²) in [7, 11) is 0. The number of rotatable bonds is 5. The average Bonchev–Trinajstić information content (AvgIpc) is 2.90. The second kappa shape index (κ2) is 9.96. The van der Waals surface area contributed by atoms with Crippen molar-refractivity contribution in [1.82, 2.24) is 19.4 Å². The molecule has 1 saturated heterocycles. The molecule has 4 heterocycles.